The molecule has 3 aliphatic rings. The lowest BCUT2D eigenvalue weighted by atomic mass is 10.1. The molecule has 2 fully saturated rings. The summed E-state index contributed by atoms with van der Waals surface area (Å²) in [5.41, 5.74) is 2.33. The highest BCUT2D eigenvalue weighted by atomic mass is 35.5. The van der Waals surface area contributed by atoms with Gasteiger partial charge < -0.3 is 24.6 Å². The Labute approximate surface area is 189 Å². The molecule has 7 nitrogen and oxygen atoms in total. The largest absolute Gasteiger partial charge is 0.454 e. The van der Waals surface area contributed by atoms with Crippen molar-refractivity contribution < 1.29 is 19.1 Å². The van der Waals surface area contributed by atoms with Crippen molar-refractivity contribution >= 4 is 52.2 Å². The third-order valence-electron chi connectivity index (χ3n) is 5.73. The standard InChI is InChI=1S/C22H22ClN3O4S/c23-17-10-15(1-3-18(17)25-5-7-31-8-6-25)24-22(28)14-9-21(27)26(12-14)16-2-4-19-20(11-16)30-13-29-19/h1-4,10-11,14H,5-9,12-13H2,(H,24,28). The zero-order valence-electron chi connectivity index (χ0n) is 16.8. The predicted molar refractivity (Wildman–Crippen MR) is 123 cm³/mol. The number of ether oxygens (including phenoxy) is 2. The first-order chi connectivity index (χ1) is 15.1. The van der Waals surface area contributed by atoms with E-state index in [1.54, 1.807) is 23.1 Å². The normalized spacial score (nSPS) is 20.3. The molecule has 0 aromatic heterocycles. The molecule has 0 aliphatic carbocycles. The summed E-state index contributed by atoms with van der Waals surface area (Å²) in [7, 11) is 0. The van der Waals surface area contributed by atoms with Gasteiger partial charge in [-0.1, -0.05) is 11.6 Å². The summed E-state index contributed by atoms with van der Waals surface area (Å²) >= 11 is 8.44. The molecule has 9 heteroatoms. The summed E-state index contributed by atoms with van der Waals surface area (Å²) < 4.78 is 10.7. The van der Waals surface area contributed by atoms with Gasteiger partial charge in [0.05, 0.1) is 16.6 Å². The summed E-state index contributed by atoms with van der Waals surface area (Å²) in [4.78, 5) is 29.3. The SMILES string of the molecule is O=C(Nc1ccc(N2CCSCC2)c(Cl)c1)C1CC(=O)N(c2ccc3c(c2)OCO3)C1. The molecule has 0 bridgehead atoms. The molecule has 2 saturated heterocycles. The van der Waals surface area contributed by atoms with E-state index in [0.29, 0.717) is 34.4 Å². The van der Waals surface area contributed by atoms with Gasteiger partial charge in [-0.3, -0.25) is 9.59 Å². The van der Waals surface area contributed by atoms with Crippen molar-refractivity contribution in [3.05, 3.63) is 41.4 Å². The molecule has 3 heterocycles. The van der Waals surface area contributed by atoms with Crippen molar-refractivity contribution in [2.24, 2.45) is 5.92 Å². The van der Waals surface area contributed by atoms with Crippen molar-refractivity contribution in [3.8, 4) is 11.5 Å². The van der Waals surface area contributed by atoms with Crippen molar-refractivity contribution in [2.45, 2.75) is 6.42 Å². The van der Waals surface area contributed by atoms with E-state index in [9.17, 15) is 9.59 Å². The molecule has 3 aliphatic heterocycles. The quantitative estimate of drug-likeness (QED) is 0.753. The number of anilines is 3. The highest BCUT2D eigenvalue weighted by molar-refractivity contribution is 7.99. The van der Waals surface area contributed by atoms with Crippen molar-refractivity contribution in [1.82, 2.24) is 0 Å². The summed E-state index contributed by atoms with van der Waals surface area (Å²) in [5.74, 6) is 2.74. The number of rotatable bonds is 4. The van der Waals surface area contributed by atoms with Crippen LogP contribution in [0.15, 0.2) is 36.4 Å². The van der Waals surface area contributed by atoms with E-state index in [0.717, 1.165) is 30.3 Å². The predicted octanol–water partition coefficient (Wildman–Crippen LogP) is 3.61. The van der Waals surface area contributed by atoms with E-state index in [-0.39, 0.29) is 25.0 Å². The molecule has 0 saturated carbocycles. The maximum atomic E-state index is 12.8. The van der Waals surface area contributed by atoms with E-state index in [1.807, 2.05) is 30.0 Å². The van der Waals surface area contributed by atoms with E-state index in [2.05, 4.69) is 10.2 Å². The second kappa shape index (κ2) is 8.51. The lowest BCUT2D eigenvalue weighted by molar-refractivity contribution is -0.122. The Morgan fingerprint density at radius 1 is 1.10 bits per heavy atom. The van der Waals surface area contributed by atoms with Crippen LogP contribution in [-0.4, -0.2) is 49.7 Å². The first kappa shape index (κ1) is 20.3. The molecule has 2 amide bonds. The first-order valence-electron chi connectivity index (χ1n) is 10.2. The number of fused-ring (bicyclic) bond motifs is 1. The average molecular weight is 460 g/mol. The fourth-order valence-electron chi connectivity index (χ4n) is 4.08. The number of carbonyl (C=O) groups excluding carboxylic acids is 2. The lowest BCUT2D eigenvalue weighted by Crippen LogP contribution is -2.32. The Balaban J connectivity index is 1.25. The number of thioether (sulfide) groups is 1. The van der Waals surface area contributed by atoms with Gasteiger partial charge in [0.15, 0.2) is 11.5 Å². The maximum Gasteiger partial charge on any atom is 0.231 e. The van der Waals surface area contributed by atoms with Crippen LogP contribution in [0.1, 0.15) is 6.42 Å². The Morgan fingerprint density at radius 2 is 1.90 bits per heavy atom. The van der Waals surface area contributed by atoms with E-state index in [4.69, 9.17) is 21.1 Å². The zero-order valence-corrected chi connectivity index (χ0v) is 18.4. The minimum absolute atomic E-state index is 0.0876. The molecule has 2 aromatic rings. The second-order valence-electron chi connectivity index (χ2n) is 7.70. The summed E-state index contributed by atoms with van der Waals surface area (Å²) in [6.45, 7) is 2.43. The van der Waals surface area contributed by atoms with Gasteiger partial charge in [0, 0.05) is 55.0 Å². The Morgan fingerprint density at radius 3 is 2.71 bits per heavy atom. The van der Waals surface area contributed by atoms with Crippen LogP contribution in [0, 0.1) is 5.92 Å². The molecule has 5 rings (SSSR count). The molecule has 1 atom stereocenters. The van der Waals surface area contributed by atoms with Crippen molar-refractivity contribution in [1.29, 1.82) is 0 Å². The van der Waals surface area contributed by atoms with Gasteiger partial charge in [0.2, 0.25) is 18.6 Å². The van der Waals surface area contributed by atoms with Gasteiger partial charge in [-0.25, -0.2) is 0 Å². The molecule has 162 valence electrons. The van der Waals surface area contributed by atoms with Crippen LogP contribution in [0.3, 0.4) is 0 Å². The molecule has 2 aromatic carbocycles. The number of hydrogen-bond donors (Lipinski definition) is 1. The fourth-order valence-corrected chi connectivity index (χ4v) is 5.28. The number of nitrogens with one attached hydrogen (secondary N) is 1. The molecular weight excluding hydrogens is 438 g/mol. The smallest absolute Gasteiger partial charge is 0.231 e. The Bertz CT molecular complexity index is 1030. The second-order valence-corrected chi connectivity index (χ2v) is 9.33. The molecule has 0 radical (unpaired) electrons. The molecule has 0 spiro atoms. The van der Waals surface area contributed by atoms with Crippen LogP contribution in [0.2, 0.25) is 5.02 Å². The van der Waals surface area contributed by atoms with Crippen molar-refractivity contribution in [2.75, 3.05) is 53.0 Å². The molecular formula is C22H22ClN3O4S. The highest BCUT2D eigenvalue weighted by Crippen LogP contribution is 2.37. The van der Waals surface area contributed by atoms with Gasteiger partial charge in [-0.15, -0.1) is 0 Å². The number of amides is 2. The number of carbonyl (C=O) groups is 2. The van der Waals surface area contributed by atoms with Crippen LogP contribution < -0.4 is 24.6 Å². The first-order valence-corrected chi connectivity index (χ1v) is 11.7. The zero-order chi connectivity index (χ0) is 21.4. The van der Waals surface area contributed by atoms with Gasteiger partial charge in [-0.2, -0.15) is 11.8 Å². The molecule has 31 heavy (non-hydrogen) atoms. The van der Waals surface area contributed by atoms with Crippen LogP contribution in [-0.2, 0) is 9.59 Å². The van der Waals surface area contributed by atoms with E-state index >= 15 is 0 Å². The third-order valence-corrected chi connectivity index (χ3v) is 6.98. The van der Waals surface area contributed by atoms with Crippen LogP contribution in [0.4, 0.5) is 17.1 Å². The minimum atomic E-state index is -0.435. The number of benzene rings is 2. The fraction of sp³-hybridized carbons (Fsp3) is 0.364. The van der Waals surface area contributed by atoms with E-state index < -0.39 is 5.92 Å². The maximum absolute atomic E-state index is 12.8. The van der Waals surface area contributed by atoms with E-state index in [1.165, 1.54) is 0 Å². The van der Waals surface area contributed by atoms with Gasteiger partial charge in [0.25, 0.3) is 0 Å². The van der Waals surface area contributed by atoms with Crippen LogP contribution in [0.5, 0.6) is 11.5 Å². The Hall–Kier alpha value is -2.58. The molecule has 1 unspecified atom stereocenters. The topological polar surface area (TPSA) is 71.1 Å². The third kappa shape index (κ3) is 4.14. The number of halogens is 1. The molecule has 1 N–H and O–H groups in total. The lowest BCUT2D eigenvalue weighted by Gasteiger charge is -2.29. The van der Waals surface area contributed by atoms with Crippen molar-refractivity contribution in [3.63, 3.8) is 0 Å². The monoisotopic (exact) mass is 459 g/mol. The number of hydrogen-bond acceptors (Lipinski definition) is 6. The highest BCUT2D eigenvalue weighted by Gasteiger charge is 2.35. The summed E-state index contributed by atoms with van der Waals surface area (Å²) in [5, 5.41) is 3.54. The number of nitrogens with zero attached hydrogens (tertiary/aromatic N) is 2. The summed E-state index contributed by atoms with van der Waals surface area (Å²) in [6, 6.07) is 11.0. The summed E-state index contributed by atoms with van der Waals surface area (Å²) in [6.07, 6.45) is 0.164. The Kier molecular flexibility index (Phi) is 5.58. The minimum Gasteiger partial charge on any atom is -0.454 e. The van der Waals surface area contributed by atoms with Crippen LogP contribution >= 0.6 is 23.4 Å². The van der Waals surface area contributed by atoms with Gasteiger partial charge >= 0.3 is 0 Å². The van der Waals surface area contributed by atoms with Gasteiger partial charge in [0.1, 0.15) is 0 Å². The van der Waals surface area contributed by atoms with Gasteiger partial charge in [-0.05, 0) is 30.3 Å². The van der Waals surface area contributed by atoms with Crippen LogP contribution in [0.25, 0.3) is 0 Å². The average Bonchev–Trinajstić information content (AvgIpc) is 3.40.